The van der Waals surface area contributed by atoms with Crippen molar-refractivity contribution in [2.24, 2.45) is 0 Å². The predicted molar refractivity (Wildman–Crippen MR) is 79.5 cm³/mol. The number of carbonyl (C=O) groups excluding carboxylic acids is 2. The largest absolute Gasteiger partial charge is 0.465 e. The smallest absolute Gasteiger partial charge is 0.338 e. The summed E-state index contributed by atoms with van der Waals surface area (Å²) in [6, 6.07) is 14.2. The number of ketones is 1. The van der Waals surface area contributed by atoms with Crippen LogP contribution in [0.1, 0.15) is 26.3 Å². The summed E-state index contributed by atoms with van der Waals surface area (Å²) in [4.78, 5) is 27.5. The Kier molecular flexibility index (Phi) is 3.28. The highest BCUT2D eigenvalue weighted by molar-refractivity contribution is 6.20. The number of rotatable bonds is 3. The minimum absolute atomic E-state index is 0.127. The lowest BCUT2D eigenvalue weighted by molar-refractivity contribution is 0.0603. The molecule has 0 aliphatic carbocycles. The van der Waals surface area contributed by atoms with E-state index < -0.39 is 5.97 Å². The zero-order valence-electron chi connectivity index (χ0n) is 11.4. The second-order valence-electron chi connectivity index (χ2n) is 4.62. The van der Waals surface area contributed by atoms with Crippen molar-refractivity contribution in [3.63, 3.8) is 0 Å². The number of hydrogen-bond donors (Lipinski definition) is 1. The molecule has 104 valence electrons. The van der Waals surface area contributed by atoms with Gasteiger partial charge in [-0.1, -0.05) is 36.4 Å². The van der Waals surface area contributed by atoms with Crippen molar-refractivity contribution in [2.75, 3.05) is 7.11 Å². The van der Waals surface area contributed by atoms with E-state index in [0.29, 0.717) is 22.1 Å². The third kappa shape index (κ3) is 2.21. The summed E-state index contributed by atoms with van der Waals surface area (Å²) in [7, 11) is 1.33. The molecule has 3 rings (SSSR count). The zero-order valence-corrected chi connectivity index (χ0v) is 11.4. The second-order valence-corrected chi connectivity index (χ2v) is 4.62. The van der Waals surface area contributed by atoms with Crippen LogP contribution >= 0.6 is 0 Å². The van der Waals surface area contributed by atoms with Crippen LogP contribution in [-0.2, 0) is 4.74 Å². The van der Waals surface area contributed by atoms with Crippen molar-refractivity contribution in [1.82, 2.24) is 4.98 Å². The lowest BCUT2D eigenvalue weighted by atomic mass is 9.99. The summed E-state index contributed by atoms with van der Waals surface area (Å²) in [5.41, 5.74) is 2.17. The van der Waals surface area contributed by atoms with Crippen LogP contribution < -0.4 is 0 Å². The molecule has 0 atom stereocenters. The van der Waals surface area contributed by atoms with Crippen molar-refractivity contribution in [1.29, 1.82) is 0 Å². The van der Waals surface area contributed by atoms with Gasteiger partial charge >= 0.3 is 5.97 Å². The highest BCUT2D eigenvalue weighted by atomic mass is 16.5. The Balaban J connectivity index is 2.20. The topological polar surface area (TPSA) is 59.2 Å². The molecule has 0 bridgehead atoms. The van der Waals surface area contributed by atoms with E-state index in [1.54, 1.807) is 30.5 Å². The number of hydrogen-bond acceptors (Lipinski definition) is 3. The zero-order chi connectivity index (χ0) is 14.8. The maximum absolute atomic E-state index is 12.6. The molecule has 0 saturated heterocycles. The van der Waals surface area contributed by atoms with Gasteiger partial charge in [-0.15, -0.1) is 0 Å². The van der Waals surface area contributed by atoms with Gasteiger partial charge in [-0.05, 0) is 12.1 Å². The van der Waals surface area contributed by atoms with Crippen LogP contribution in [0.4, 0.5) is 0 Å². The van der Waals surface area contributed by atoms with Crippen molar-refractivity contribution in [2.45, 2.75) is 0 Å². The first-order valence-electron chi connectivity index (χ1n) is 6.50. The van der Waals surface area contributed by atoms with Gasteiger partial charge in [0.2, 0.25) is 0 Å². The third-order valence-electron chi connectivity index (χ3n) is 3.39. The van der Waals surface area contributed by atoms with Crippen LogP contribution in [0, 0.1) is 0 Å². The fourth-order valence-corrected chi connectivity index (χ4v) is 2.39. The Labute approximate surface area is 121 Å². The quantitative estimate of drug-likeness (QED) is 0.591. The lowest BCUT2D eigenvalue weighted by Crippen LogP contribution is -2.05. The number of aromatic nitrogens is 1. The minimum Gasteiger partial charge on any atom is -0.465 e. The molecule has 0 fully saturated rings. The van der Waals surface area contributed by atoms with Crippen molar-refractivity contribution < 1.29 is 14.3 Å². The van der Waals surface area contributed by atoms with E-state index in [0.717, 1.165) is 5.52 Å². The number of ether oxygens (including phenoxy) is 1. The van der Waals surface area contributed by atoms with Crippen LogP contribution in [0.25, 0.3) is 10.9 Å². The molecule has 0 spiro atoms. The van der Waals surface area contributed by atoms with Crippen LogP contribution in [0.2, 0.25) is 0 Å². The maximum atomic E-state index is 12.6. The average molecular weight is 279 g/mol. The standard InChI is InChI=1S/C17H13NO3/c1-21-17(20)12-8-5-9-14-15(12)13(10-18-14)16(19)11-6-3-2-4-7-11/h2-10,18H,1H3. The van der Waals surface area contributed by atoms with Gasteiger partial charge in [0.1, 0.15) is 0 Å². The molecule has 0 aliphatic rings. The average Bonchev–Trinajstić information content (AvgIpc) is 2.98. The second kappa shape index (κ2) is 5.25. The monoisotopic (exact) mass is 279 g/mol. The Bertz CT molecular complexity index is 818. The van der Waals surface area contributed by atoms with E-state index in [1.165, 1.54) is 7.11 Å². The number of methoxy groups -OCH3 is 1. The molecule has 0 radical (unpaired) electrons. The van der Waals surface area contributed by atoms with E-state index in [-0.39, 0.29) is 5.78 Å². The predicted octanol–water partition coefficient (Wildman–Crippen LogP) is 3.19. The van der Waals surface area contributed by atoms with Crippen LogP contribution in [0.15, 0.2) is 54.7 Å². The van der Waals surface area contributed by atoms with E-state index in [1.807, 2.05) is 24.3 Å². The van der Waals surface area contributed by atoms with Gasteiger partial charge in [-0.2, -0.15) is 0 Å². The van der Waals surface area contributed by atoms with E-state index >= 15 is 0 Å². The highest BCUT2D eigenvalue weighted by Gasteiger charge is 2.19. The fourth-order valence-electron chi connectivity index (χ4n) is 2.39. The summed E-state index contributed by atoms with van der Waals surface area (Å²) >= 11 is 0. The molecule has 2 aromatic carbocycles. The molecular weight excluding hydrogens is 266 g/mol. The Morgan fingerprint density at radius 1 is 0.952 bits per heavy atom. The van der Waals surface area contributed by atoms with Crippen molar-refractivity contribution in [3.05, 3.63) is 71.4 Å². The normalized spacial score (nSPS) is 10.5. The summed E-state index contributed by atoms with van der Waals surface area (Å²) in [5, 5.41) is 0.596. The first kappa shape index (κ1) is 13.1. The van der Waals surface area contributed by atoms with Gasteiger partial charge in [-0.3, -0.25) is 4.79 Å². The minimum atomic E-state index is -0.456. The molecule has 3 aromatic rings. The Morgan fingerprint density at radius 2 is 1.71 bits per heavy atom. The first-order chi connectivity index (χ1) is 10.2. The molecule has 0 unspecified atom stereocenters. The molecule has 1 N–H and O–H groups in total. The van der Waals surface area contributed by atoms with Crippen LogP contribution in [0.3, 0.4) is 0 Å². The summed E-state index contributed by atoms with van der Waals surface area (Å²) in [6.45, 7) is 0. The van der Waals surface area contributed by atoms with Crippen LogP contribution in [-0.4, -0.2) is 23.8 Å². The number of benzene rings is 2. The van der Waals surface area contributed by atoms with Gasteiger partial charge in [0.05, 0.1) is 12.7 Å². The third-order valence-corrected chi connectivity index (χ3v) is 3.39. The first-order valence-corrected chi connectivity index (χ1v) is 6.50. The molecular formula is C17H13NO3. The fraction of sp³-hybridized carbons (Fsp3) is 0.0588. The number of esters is 1. The highest BCUT2D eigenvalue weighted by Crippen LogP contribution is 2.25. The molecule has 0 aliphatic heterocycles. The number of carbonyl (C=O) groups is 2. The number of fused-ring (bicyclic) bond motifs is 1. The van der Waals surface area contributed by atoms with Gasteiger partial charge in [0.15, 0.2) is 5.78 Å². The van der Waals surface area contributed by atoms with Gasteiger partial charge in [0.25, 0.3) is 0 Å². The van der Waals surface area contributed by atoms with Gasteiger partial charge in [-0.25, -0.2) is 4.79 Å². The maximum Gasteiger partial charge on any atom is 0.338 e. The van der Waals surface area contributed by atoms with E-state index in [9.17, 15) is 9.59 Å². The van der Waals surface area contributed by atoms with E-state index in [2.05, 4.69) is 4.98 Å². The summed E-state index contributed by atoms with van der Waals surface area (Å²) in [6.07, 6.45) is 1.63. The summed E-state index contributed by atoms with van der Waals surface area (Å²) < 4.78 is 4.79. The molecule has 21 heavy (non-hydrogen) atoms. The van der Waals surface area contributed by atoms with Gasteiger partial charge in [0, 0.05) is 28.2 Å². The van der Waals surface area contributed by atoms with Crippen molar-refractivity contribution >= 4 is 22.7 Å². The molecule has 1 aromatic heterocycles. The molecule has 0 amide bonds. The number of nitrogens with one attached hydrogen (secondary N) is 1. The molecule has 4 heteroatoms. The lowest BCUT2D eigenvalue weighted by Gasteiger charge is -2.04. The number of aromatic amines is 1. The summed E-state index contributed by atoms with van der Waals surface area (Å²) in [5.74, 6) is -0.583. The Morgan fingerprint density at radius 3 is 2.43 bits per heavy atom. The van der Waals surface area contributed by atoms with E-state index in [4.69, 9.17) is 4.74 Å². The molecule has 1 heterocycles. The number of H-pyrrole nitrogens is 1. The molecule has 4 nitrogen and oxygen atoms in total. The Hall–Kier alpha value is -2.88. The SMILES string of the molecule is COC(=O)c1cccc2[nH]cc(C(=O)c3ccccc3)c12. The van der Waals surface area contributed by atoms with Crippen LogP contribution in [0.5, 0.6) is 0 Å². The van der Waals surface area contributed by atoms with Crippen molar-refractivity contribution in [3.8, 4) is 0 Å². The van der Waals surface area contributed by atoms with Gasteiger partial charge < -0.3 is 9.72 Å². The molecule has 0 saturated carbocycles.